The molecule has 1 atom stereocenters. The first-order valence-electron chi connectivity index (χ1n) is 14.9. The van der Waals surface area contributed by atoms with E-state index in [0.717, 1.165) is 44.7 Å². The number of pyridine rings is 1. The van der Waals surface area contributed by atoms with E-state index in [1.807, 2.05) is 12.1 Å². The Hall–Kier alpha value is -4.59. The van der Waals surface area contributed by atoms with E-state index in [4.69, 9.17) is 18.9 Å². The highest BCUT2D eigenvalue weighted by Gasteiger charge is 2.34. The van der Waals surface area contributed by atoms with Crippen molar-refractivity contribution in [2.24, 2.45) is 0 Å². The SMILES string of the molecule is COc1cc2c(Oc3ccc(NC(=O)NN4C(=O)CSC4c4cccc(F)c4)cc3)ccnc2cc1OCCCN1CCOCC1. The minimum atomic E-state index is -0.600. The summed E-state index contributed by atoms with van der Waals surface area (Å²) >= 11 is 1.31. The molecule has 1 aromatic heterocycles. The second-order valence-corrected chi connectivity index (χ2v) is 11.7. The van der Waals surface area contributed by atoms with E-state index in [2.05, 4.69) is 20.6 Å². The maximum Gasteiger partial charge on any atom is 0.338 e. The molecule has 1 unspecified atom stereocenters. The van der Waals surface area contributed by atoms with E-state index < -0.39 is 17.2 Å². The summed E-state index contributed by atoms with van der Waals surface area (Å²) in [6.07, 6.45) is 2.55. The Morgan fingerprint density at radius 3 is 2.67 bits per heavy atom. The molecule has 2 fully saturated rings. The van der Waals surface area contributed by atoms with Gasteiger partial charge in [-0.15, -0.1) is 11.8 Å². The van der Waals surface area contributed by atoms with Crippen molar-refractivity contribution in [3.8, 4) is 23.0 Å². The first kappa shape index (κ1) is 31.4. The molecule has 2 aliphatic rings. The van der Waals surface area contributed by atoms with Gasteiger partial charge in [-0.05, 0) is 60.5 Å². The van der Waals surface area contributed by atoms with Gasteiger partial charge in [0.05, 0.1) is 38.2 Å². The molecule has 0 spiro atoms. The molecule has 3 aromatic carbocycles. The van der Waals surface area contributed by atoms with Gasteiger partial charge in [-0.3, -0.25) is 14.7 Å². The zero-order chi connectivity index (χ0) is 31.9. The standard InChI is InChI=1S/C33H34FN5O6S/c1-42-29-19-26-27(20-30(29)44-15-3-12-38-13-16-43-17-14-38)35-11-10-28(26)45-25-8-6-24(7-9-25)36-33(41)37-39-31(40)21-46-32(39)22-4-2-5-23(34)18-22/h2,4-11,18-20,32H,3,12-17,21H2,1H3,(H2,36,37,41). The van der Waals surface area contributed by atoms with Crippen LogP contribution in [0.1, 0.15) is 17.4 Å². The third kappa shape index (κ3) is 7.61. The van der Waals surface area contributed by atoms with E-state index in [-0.39, 0.29) is 11.7 Å². The van der Waals surface area contributed by atoms with Crippen LogP contribution in [0.25, 0.3) is 10.9 Å². The summed E-state index contributed by atoms with van der Waals surface area (Å²) < 4.78 is 37.0. The molecular weight excluding hydrogens is 613 g/mol. The number of fused-ring (bicyclic) bond motifs is 1. The fourth-order valence-corrected chi connectivity index (χ4v) is 6.34. The average Bonchev–Trinajstić information content (AvgIpc) is 3.43. The quantitative estimate of drug-likeness (QED) is 0.201. The number of urea groups is 1. The molecule has 11 nitrogen and oxygen atoms in total. The lowest BCUT2D eigenvalue weighted by Gasteiger charge is -2.26. The Kier molecular flexibility index (Phi) is 10.0. The number of hydrogen-bond acceptors (Lipinski definition) is 9. The van der Waals surface area contributed by atoms with Crippen molar-refractivity contribution in [2.45, 2.75) is 11.8 Å². The predicted octanol–water partition coefficient (Wildman–Crippen LogP) is 5.59. The monoisotopic (exact) mass is 647 g/mol. The lowest BCUT2D eigenvalue weighted by Crippen LogP contribution is -2.46. The lowest BCUT2D eigenvalue weighted by molar-refractivity contribution is -0.130. The number of carbonyl (C=O) groups is 2. The van der Waals surface area contributed by atoms with E-state index in [1.165, 1.54) is 28.9 Å². The van der Waals surface area contributed by atoms with Gasteiger partial charge in [0.25, 0.3) is 5.91 Å². The van der Waals surface area contributed by atoms with Crippen LogP contribution in [0.5, 0.6) is 23.0 Å². The number of hydrazine groups is 1. The van der Waals surface area contributed by atoms with Crippen LogP contribution in [0.3, 0.4) is 0 Å². The molecule has 240 valence electrons. The van der Waals surface area contributed by atoms with Gasteiger partial charge in [0.1, 0.15) is 22.7 Å². The molecule has 13 heteroatoms. The molecule has 0 saturated carbocycles. The van der Waals surface area contributed by atoms with Gasteiger partial charge in [0.2, 0.25) is 0 Å². The highest BCUT2D eigenvalue weighted by atomic mass is 32.2. The predicted molar refractivity (Wildman–Crippen MR) is 173 cm³/mol. The minimum Gasteiger partial charge on any atom is -0.493 e. The van der Waals surface area contributed by atoms with Crippen LogP contribution in [-0.4, -0.2) is 79.1 Å². The first-order valence-corrected chi connectivity index (χ1v) is 16.0. The summed E-state index contributed by atoms with van der Waals surface area (Å²) in [5.41, 5.74) is 4.36. The van der Waals surface area contributed by atoms with Crippen molar-refractivity contribution < 1.29 is 32.9 Å². The molecule has 4 aromatic rings. The number of methoxy groups -OCH3 is 1. The highest BCUT2D eigenvalue weighted by molar-refractivity contribution is 8.00. The largest absolute Gasteiger partial charge is 0.493 e. The number of ether oxygens (including phenoxy) is 4. The van der Waals surface area contributed by atoms with Crippen LogP contribution in [0.2, 0.25) is 0 Å². The Labute approximate surface area is 269 Å². The molecule has 6 rings (SSSR count). The van der Waals surface area contributed by atoms with Crippen LogP contribution < -0.4 is 25.0 Å². The zero-order valence-corrected chi connectivity index (χ0v) is 26.1. The maximum absolute atomic E-state index is 13.8. The van der Waals surface area contributed by atoms with Crippen LogP contribution in [0.4, 0.5) is 14.9 Å². The topological polar surface area (TPSA) is 114 Å². The Balaban J connectivity index is 1.07. The van der Waals surface area contributed by atoms with Crippen molar-refractivity contribution in [1.82, 2.24) is 20.3 Å². The van der Waals surface area contributed by atoms with E-state index in [1.54, 1.807) is 55.8 Å². The van der Waals surface area contributed by atoms with E-state index in [0.29, 0.717) is 46.4 Å². The normalized spacial score (nSPS) is 16.8. The second kappa shape index (κ2) is 14.7. The van der Waals surface area contributed by atoms with Crippen molar-refractivity contribution in [1.29, 1.82) is 0 Å². The summed E-state index contributed by atoms with van der Waals surface area (Å²) in [6, 6.07) is 17.7. The summed E-state index contributed by atoms with van der Waals surface area (Å²) in [6.45, 7) is 4.93. The van der Waals surface area contributed by atoms with Crippen LogP contribution >= 0.6 is 11.8 Å². The second-order valence-electron chi connectivity index (χ2n) is 10.7. The van der Waals surface area contributed by atoms with Crippen LogP contribution in [-0.2, 0) is 9.53 Å². The molecule has 2 saturated heterocycles. The van der Waals surface area contributed by atoms with Gasteiger partial charge in [0.15, 0.2) is 11.5 Å². The molecular formula is C33H34FN5O6S. The Morgan fingerprint density at radius 2 is 1.89 bits per heavy atom. The number of anilines is 1. The third-order valence-corrected chi connectivity index (χ3v) is 8.74. The van der Waals surface area contributed by atoms with E-state index >= 15 is 0 Å². The van der Waals surface area contributed by atoms with Crippen molar-refractivity contribution in [3.05, 3.63) is 84.3 Å². The third-order valence-electron chi connectivity index (χ3n) is 7.53. The zero-order valence-electron chi connectivity index (χ0n) is 25.2. The molecule has 3 amide bonds. The summed E-state index contributed by atoms with van der Waals surface area (Å²) in [5, 5.41) is 4.17. The number of rotatable bonds is 11. The molecule has 2 aliphatic heterocycles. The first-order chi connectivity index (χ1) is 22.5. The van der Waals surface area contributed by atoms with Gasteiger partial charge in [0, 0.05) is 43.0 Å². The number of morpholine rings is 1. The van der Waals surface area contributed by atoms with Gasteiger partial charge in [-0.25, -0.2) is 19.6 Å². The Bertz CT molecular complexity index is 1690. The smallest absolute Gasteiger partial charge is 0.338 e. The molecule has 2 N–H and O–H groups in total. The minimum absolute atomic E-state index is 0.173. The number of nitrogens with zero attached hydrogens (tertiary/aromatic N) is 3. The summed E-state index contributed by atoms with van der Waals surface area (Å²) in [5.74, 6) is 1.80. The number of nitrogens with one attached hydrogen (secondary N) is 2. The van der Waals surface area contributed by atoms with Gasteiger partial charge < -0.3 is 24.3 Å². The fraction of sp³-hybridized carbons (Fsp3) is 0.303. The van der Waals surface area contributed by atoms with Crippen molar-refractivity contribution >= 4 is 40.3 Å². The number of carbonyl (C=O) groups excluding carboxylic acids is 2. The number of thioether (sulfide) groups is 1. The van der Waals surface area contributed by atoms with Crippen molar-refractivity contribution in [3.63, 3.8) is 0 Å². The number of hydrogen-bond donors (Lipinski definition) is 2. The maximum atomic E-state index is 13.8. The van der Waals surface area contributed by atoms with Crippen LogP contribution in [0.15, 0.2) is 72.9 Å². The summed E-state index contributed by atoms with van der Waals surface area (Å²) in [7, 11) is 1.60. The highest BCUT2D eigenvalue weighted by Crippen LogP contribution is 2.38. The fourth-order valence-electron chi connectivity index (χ4n) is 5.24. The van der Waals surface area contributed by atoms with Crippen LogP contribution in [0, 0.1) is 5.82 Å². The molecule has 0 aliphatic carbocycles. The van der Waals surface area contributed by atoms with Gasteiger partial charge in [-0.1, -0.05) is 12.1 Å². The van der Waals surface area contributed by atoms with Gasteiger partial charge in [-0.2, -0.15) is 0 Å². The van der Waals surface area contributed by atoms with Crippen molar-refractivity contribution in [2.75, 3.05) is 57.6 Å². The Morgan fingerprint density at radius 1 is 1.07 bits per heavy atom. The van der Waals surface area contributed by atoms with Gasteiger partial charge >= 0.3 is 6.03 Å². The molecule has 0 bridgehead atoms. The molecule has 46 heavy (non-hydrogen) atoms. The summed E-state index contributed by atoms with van der Waals surface area (Å²) in [4.78, 5) is 32.1. The average molecular weight is 648 g/mol. The number of halogens is 1. The number of aromatic nitrogens is 1. The molecule has 0 radical (unpaired) electrons. The molecule has 3 heterocycles. The van der Waals surface area contributed by atoms with E-state index in [9.17, 15) is 14.0 Å². The number of amides is 3. The lowest BCUT2D eigenvalue weighted by atomic mass is 10.1. The number of benzene rings is 3.